The molecule has 2 unspecified atom stereocenters. The molecular weight excluding hydrogens is 297 g/mol. The summed E-state index contributed by atoms with van der Waals surface area (Å²) in [6, 6.07) is 2.72. The molecule has 1 aromatic rings. The number of hydrogen-bond donors (Lipinski definition) is 1. The summed E-state index contributed by atoms with van der Waals surface area (Å²) >= 11 is 0. The van der Waals surface area contributed by atoms with Gasteiger partial charge in [-0.05, 0) is 43.9 Å². The summed E-state index contributed by atoms with van der Waals surface area (Å²) in [7, 11) is -3.81. The van der Waals surface area contributed by atoms with Crippen LogP contribution in [0.2, 0.25) is 0 Å². The maximum Gasteiger partial charge on any atom is 0.338 e. The summed E-state index contributed by atoms with van der Waals surface area (Å²) in [5, 5.41) is 8.91. The zero-order valence-electron chi connectivity index (χ0n) is 11.9. The molecule has 1 heterocycles. The zero-order valence-corrected chi connectivity index (χ0v) is 12.7. The Balaban J connectivity index is 2.44. The number of carboxylic acids is 1. The SMILES string of the molecule is CC1CCCN(S(=O)(=O)c2ccc(F)c(C(=O)O)c2)C1C. The largest absolute Gasteiger partial charge is 0.478 e. The lowest BCUT2D eigenvalue weighted by Crippen LogP contribution is -2.45. The maximum absolute atomic E-state index is 13.4. The van der Waals surface area contributed by atoms with Crippen molar-refractivity contribution in [2.75, 3.05) is 6.54 Å². The molecule has 1 fully saturated rings. The summed E-state index contributed by atoms with van der Waals surface area (Å²) in [6.45, 7) is 4.22. The predicted molar refractivity (Wildman–Crippen MR) is 75.1 cm³/mol. The van der Waals surface area contributed by atoms with Crippen LogP contribution in [0.3, 0.4) is 0 Å². The standard InChI is InChI=1S/C14H18FNO4S/c1-9-4-3-7-16(10(9)2)21(19,20)11-5-6-13(15)12(8-11)14(17)18/h5-6,8-10H,3-4,7H2,1-2H3,(H,17,18). The van der Waals surface area contributed by atoms with Crippen molar-refractivity contribution in [3.63, 3.8) is 0 Å². The second kappa shape index (κ2) is 5.73. The van der Waals surface area contributed by atoms with Crippen LogP contribution in [-0.2, 0) is 10.0 Å². The van der Waals surface area contributed by atoms with Crippen LogP contribution in [0.15, 0.2) is 23.1 Å². The highest BCUT2D eigenvalue weighted by Crippen LogP contribution is 2.29. The third-order valence-electron chi connectivity index (χ3n) is 4.09. The van der Waals surface area contributed by atoms with E-state index >= 15 is 0 Å². The Bertz CT molecular complexity index is 659. The average molecular weight is 315 g/mol. The third-order valence-corrected chi connectivity index (χ3v) is 6.07. The Hall–Kier alpha value is -1.47. The van der Waals surface area contributed by atoms with Gasteiger partial charge in [-0.3, -0.25) is 0 Å². The van der Waals surface area contributed by atoms with E-state index < -0.39 is 27.4 Å². The van der Waals surface area contributed by atoms with E-state index in [1.165, 1.54) is 4.31 Å². The molecule has 1 aromatic carbocycles. The van der Waals surface area contributed by atoms with Crippen molar-refractivity contribution >= 4 is 16.0 Å². The van der Waals surface area contributed by atoms with Gasteiger partial charge in [0.1, 0.15) is 5.82 Å². The molecule has 2 atom stereocenters. The maximum atomic E-state index is 13.4. The highest BCUT2D eigenvalue weighted by molar-refractivity contribution is 7.89. The Morgan fingerprint density at radius 2 is 2.05 bits per heavy atom. The monoisotopic (exact) mass is 315 g/mol. The fraction of sp³-hybridized carbons (Fsp3) is 0.500. The summed E-state index contributed by atoms with van der Waals surface area (Å²) in [4.78, 5) is 10.8. The van der Waals surface area contributed by atoms with Gasteiger partial charge in [-0.2, -0.15) is 4.31 Å². The number of carbonyl (C=O) groups is 1. The van der Waals surface area contributed by atoms with Crippen LogP contribution in [0.4, 0.5) is 4.39 Å². The van der Waals surface area contributed by atoms with Crippen molar-refractivity contribution in [2.24, 2.45) is 5.92 Å². The number of aromatic carboxylic acids is 1. The Kier molecular flexibility index (Phi) is 4.34. The van der Waals surface area contributed by atoms with Crippen LogP contribution in [-0.4, -0.2) is 36.4 Å². The van der Waals surface area contributed by atoms with E-state index in [-0.39, 0.29) is 16.9 Å². The lowest BCUT2D eigenvalue weighted by atomic mass is 9.94. The van der Waals surface area contributed by atoms with Crippen molar-refractivity contribution in [2.45, 2.75) is 37.6 Å². The fourth-order valence-corrected chi connectivity index (χ4v) is 4.39. The quantitative estimate of drug-likeness (QED) is 0.929. The van der Waals surface area contributed by atoms with Gasteiger partial charge in [-0.1, -0.05) is 6.92 Å². The molecule has 0 amide bonds. The normalized spacial score (nSPS) is 24.0. The molecule has 116 valence electrons. The first-order chi connectivity index (χ1) is 9.75. The molecule has 0 aromatic heterocycles. The number of hydrogen-bond acceptors (Lipinski definition) is 3. The van der Waals surface area contributed by atoms with Crippen molar-refractivity contribution in [1.29, 1.82) is 0 Å². The number of benzene rings is 1. The zero-order chi connectivity index (χ0) is 15.8. The van der Waals surface area contributed by atoms with Crippen molar-refractivity contribution in [3.05, 3.63) is 29.6 Å². The second-order valence-electron chi connectivity index (χ2n) is 5.42. The molecule has 21 heavy (non-hydrogen) atoms. The highest BCUT2D eigenvalue weighted by atomic mass is 32.2. The molecule has 1 aliphatic rings. The van der Waals surface area contributed by atoms with Gasteiger partial charge in [0.2, 0.25) is 10.0 Å². The molecule has 5 nitrogen and oxygen atoms in total. The first kappa shape index (κ1) is 15.9. The predicted octanol–water partition coefficient (Wildman–Crippen LogP) is 2.33. The lowest BCUT2D eigenvalue weighted by molar-refractivity contribution is 0.0691. The van der Waals surface area contributed by atoms with E-state index in [0.29, 0.717) is 6.54 Å². The molecule has 7 heteroatoms. The minimum Gasteiger partial charge on any atom is -0.478 e. The van der Waals surface area contributed by atoms with Crippen LogP contribution in [0.1, 0.15) is 37.0 Å². The number of halogens is 1. The van der Waals surface area contributed by atoms with Crippen molar-refractivity contribution in [3.8, 4) is 0 Å². The van der Waals surface area contributed by atoms with Gasteiger partial charge in [0, 0.05) is 12.6 Å². The number of sulfonamides is 1. The number of nitrogens with zero attached hydrogens (tertiary/aromatic N) is 1. The molecule has 1 N–H and O–H groups in total. The van der Waals surface area contributed by atoms with Gasteiger partial charge in [0.05, 0.1) is 10.5 Å². The topological polar surface area (TPSA) is 74.7 Å². The molecule has 1 aliphatic heterocycles. The molecule has 2 rings (SSSR count). The molecule has 0 radical (unpaired) electrons. The molecule has 0 bridgehead atoms. The van der Waals surface area contributed by atoms with Crippen LogP contribution in [0.25, 0.3) is 0 Å². The van der Waals surface area contributed by atoms with Gasteiger partial charge in [-0.15, -0.1) is 0 Å². The van der Waals surface area contributed by atoms with Crippen LogP contribution in [0.5, 0.6) is 0 Å². The first-order valence-corrected chi connectivity index (χ1v) is 8.24. The highest BCUT2D eigenvalue weighted by Gasteiger charge is 2.35. The van der Waals surface area contributed by atoms with Crippen LogP contribution < -0.4 is 0 Å². The van der Waals surface area contributed by atoms with Crippen molar-refractivity contribution in [1.82, 2.24) is 4.31 Å². The Labute approximate surface area is 123 Å². The van der Waals surface area contributed by atoms with Gasteiger partial charge < -0.3 is 5.11 Å². The van der Waals surface area contributed by atoms with E-state index in [2.05, 4.69) is 0 Å². The molecular formula is C14H18FNO4S. The van der Waals surface area contributed by atoms with Gasteiger partial charge in [0.25, 0.3) is 0 Å². The number of rotatable bonds is 3. The lowest BCUT2D eigenvalue weighted by Gasteiger charge is -2.36. The summed E-state index contributed by atoms with van der Waals surface area (Å²) < 4.78 is 40.1. The van der Waals surface area contributed by atoms with E-state index in [4.69, 9.17) is 5.11 Å². The van der Waals surface area contributed by atoms with Gasteiger partial charge in [-0.25, -0.2) is 17.6 Å². The van der Waals surface area contributed by atoms with E-state index in [0.717, 1.165) is 31.0 Å². The molecule has 0 spiro atoms. The molecule has 1 saturated heterocycles. The first-order valence-electron chi connectivity index (χ1n) is 6.80. The van der Waals surface area contributed by atoms with Crippen LogP contribution >= 0.6 is 0 Å². The number of carboxylic acid groups (broad SMARTS) is 1. The van der Waals surface area contributed by atoms with E-state index in [9.17, 15) is 17.6 Å². The smallest absolute Gasteiger partial charge is 0.338 e. The second-order valence-corrected chi connectivity index (χ2v) is 7.31. The summed E-state index contributed by atoms with van der Waals surface area (Å²) in [5.74, 6) is -2.20. The Morgan fingerprint density at radius 1 is 1.38 bits per heavy atom. The summed E-state index contributed by atoms with van der Waals surface area (Å²) in [5.41, 5.74) is -0.631. The molecule has 0 aliphatic carbocycles. The van der Waals surface area contributed by atoms with Crippen molar-refractivity contribution < 1.29 is 22.7 Å². The molecule has 0 saturated carbocycles. The minimum atomic E-state index is -3.81. The summed E-state index contributed by atoms with van der Waals surface area (Å²) in [6.07, 6.45) is 1.72. The third kappa shape index (κ3) is 2.94. The fourth-order valence-electron chi connectivity index (χ4n) is 2.60. The van der Waals surface area contributed by atoms with Gasteiger partial charge >= 0.3 is 5.97 Å². The number of piperidine rings is 1. The minimum absolute atomic E-state index is 0.165. The van der Waals surface area contributed by atoms with E-state index in [1.54, 1.807) is 0 Å². The van der Waals surface area contributed by atoms with Gasteiger partial charge in [0.15, 0.2) is 0 Å². The average Bonchev–Trinajstić information content (AvgIpc) is 2.41. The Morgan fingerprint density at radius 3 is 2.67 bits per heavy atom. The van der Waals surface area contributed by atoms with Crippen LogP contribution in [0, 0.1) is 11.7 Å². The van der Waals surface area contributed by atoms with E-state index in [1.807, 2.05) is 13.8 Å².